The Bertz CT molecular complexity index is 678. The number of benzene rings is 1. The van der Waals surface area contributed by atoms with E-state index in [1.165, 1.54) is 30.1 Å². The fourth-order valence-corrected chi connectivity index (χ4v) is 2.14. The Balaban J connectivity index is 2.21. The standard InChI is InChI=1S/C15H15F3N2O3/c1-23-14(22)11-4-2-10(3-5-11)8-20-9-12(6-7-21)13(19-20)15(16,17)18/h2-5,9,21H,6-8H2,1H3. The van der Waals surface area contributed by atoms with Crippen LogP contribution in [0.25, 0.3) is 0 Å². The molecule has 1 aromatic carbocycles. The summed E-state index contributed by atoms with van der Waals surface area (Å²) in [6, 6.07) is 6.30. The van der Waals surface area contributed by atoms with Crippen LogP contribution in [0.4, 0.5) is 13.2 Å². The Morgan fingerprint density at radius 2 is 1.96 bits per heavy atom. The molecule has 2 rings (SSSR count). The number of rotatable bonds is 5. The first-order chi connectivity index (χ1) is 10.8. The van der Waals surface area contributed by atoms with E-state index in [1.54, 1.807) is 12.1 Å². The van der Waals surface area contributed by atoms with Gasteiger partial charge in [-0.25, -0.2) is 4.79 Å². The van der Waals surface area contributed by atoms with Crippen LogP contribution in [0.5, 0.6) is 0 Å². The molecule has 0 bridgehead atoms. The van der Waals surface area contributed by atoms with Gasteiger partial charge in [-0.15, -0.1) is 0 Å². The zero-order chi connectivity index (χ0) is 17.0. The van der Waals surface area contributed by atoms with E-state index in [1.807, 2.05) is 0 Å². The predicted octanol–water partition coefficient (Wildman–Crippen LogP) is 2.27. The number of aromatic nitrogens is 2. The quantitative estimate of drug-likeness (QED) is 0.855. The summed E-state index contributed by atoms with van der Waals surface area (Å²) in [4.78, 5) is 11.3. The van der Waals surface area contributed by atoms with Crippen molar-refractivity contribution in [3.05, 3.63) is 52.8 Å². The van der Waals surface area contributed by atoms with Gasteiger partial charge in [0.05, 0.1) is 19.2 Å². The van der Waals surface area contributed by atoms with Gasteiger partial charge in [-0.3, -0.25) is 4.68 Å². The second-order valence-corrected chi connectivity index (χ2v) is 4.86. The predicted molar refractivity (Wildman–Crippen MR) is 74.9 cm³/mol. The van der Waals surface area contributed by atoms with Gasteiger partial charge in [-0.05, 0) is 24.1 Å². The molecule has 0 saturated heterocycles. The van der Waals surface area contributed by atoms with Crippen molar-refractivity contribution in [3.8, 4) is 0 Å². The molecule has 0 aliphatic carbocycles. The van der Waals surface area contributed by atoms with Crippen LogP contribution in [-0.4, -0.2) is 34.6 Å². The van der Waals surface area contributed by atoms with Crippen molar-refractivity contribution in [3.63, 3.8) is 0 Å². The van der Waals surface area contributed by atoms with Crippen LogP contribution >= 0.6 is 0 Å². The number of methoxy groups -OCH3 is 1. The summed E-state index contributed by atoms with van der Waals surface area (Å²) in [7, 11) is 1.27. The summed E-state index contributed by atoms with van der Waals surface area (Å²) in [6.45, 7) is -0.265. The van der Waals surface area contributed by atoms with Crippen LogP contribution < -0.4 is 0 Å². The van der Waals surface area contributed by atoms with Gasteiger partial charge >= 0.3 is 12.1 Å². The molecular weight excluding hydrogens is 313 g/mol. The molecule has 8 heteroatoms. The molecule has 0 aliphatic rings. The van der Waals surface area contributed by atoms with Crippen LogP contribution in [0.1, 0.15) is 27.2 Å². The number of carbonyl (C=O) groups is 1. The molecule has 1 heterocycles. The summed E-state index contributed by atoms with van der Waals surface area (Å²) >= 11 is 0. The lowest BCUT2D eigenvalue weighted by molar-refractivity contribution is -0.142. The SMILES string of the molecule is COC(=O)c1ccc(Cn2cc(CCO)c(C(F)(F)F)n2)cc1. The first-order valence-electron chi connectivity index (χ1n) is 6.76. The van der Waals surface area contributed by atoms with Gasteiger partial charge < -0.3 is 9.84 Å². The number of nitrogens with zero attached hydrogens (tertiary/aromatic N) is 2. The van der Waals surface area contributed by atoms with E-state index in [2.05, 4.69) is 9.84 Å². The zero-order valence-corrected chi connectivity index (χ0v) is 12.3. The van der Waals surface area contributed by atoms with Crippen LogP contribution in [-0.2, 0) is 23.9 Å². The lowest BCUT2D eigenvalue weighted by Gasteiger charge is -2.05. The molecule has 5 nitrogen and oxygen atoms in total. The summed E-state index contributed by atoms with van der Waals surface area (Å²) < 4.78 is 44.4. The maximum Gasteiger partial charge on any atom is 0.435 e. The minimum absolute atomic E-state index is 0.0498. The van der Waals surface area contributed by atoms with E-state index in [4.69, 9.17) is 5.11 Å². The second kappa shape index (κ2) is 6.82. The number of esters is 1. The molecule has 0 aliphatic heterocycles. The van der Waals surface area contributed by atoms with Gasteiger partial charge in [0.2, 0.25) is 0 Å². The highest BCUT2D eigenvalue weighted by Crippen LogP contribution is 2.31. The minimum atomic E-state index is -4.56. The van der Waals surface area contributed by atoms with Gasteiger partial charge in [0.15, 0.2) is 5.69 Å². The van der Waals surface area contributed by atoms with Crippen molar-refractivity contribution in [2.75, 3.05) is 13.7 Å². The Kier molecular flexibility index (Phi) is 5.05. The normalized spacial score (nSPS) is 11.5. The summed E-state index contributed by atoms with van der Waals surface area (Å²) in [5.41, 5.74) is 0.00185. The lowest BCUT2D eigenvalue weighted by Crippen LogP contribution is -2.11. The Hall–Kier alpha value is -2.35. The van der Waals surface area contributed by atoms with Crippen molar-refractivity contribution in [2.24, 2.45) is 0 Å². The number of halogens is 3. The molecular formula is C15H15F3N2O3. The Morgan fingerprint density at radius 3 is 2.48 bits per heavy atom. The molecule has 0 spiro atoms. The Labute approximate surface area is 130 Å². The highest BCUT2D eigenvalue weighted by Gasteiger charge is 2.36. The van der Waals surface area contributed by atoms with E-state index in [-0.39, 0.29) is 25.1 Å². The number of hydrogen-bond acceptors (Lipinski definition) is 4. The molecule has 2 aromatic rings. The van der Waals surface area contributed by atoms with Crippen molar-refractivity contribution in [1.82, 2.24) is 9.78 Å². The minimum Gasteiger partial charge on any atom is -0.465 e. The number of carbonyl (C=O) groups excluding carboxylic acids is 1. The molecule has 0 unspecified atom stereocenters. The lowest BCUT2D eigenvalue weighted by atomic mass is 10.1. The highest BCUT2D eigenvalue weighted by molar-refractivity contribution is 5.89. The van der Waals surface area contributed by atoms with Gasteiger partial charge in [-0.2, -0.15) is 18.3 Å². The molecule has 0 amide bonds. The van der Waals surface area contributed by atoms with Crippen molar-refractivity contribution in [1.29, 1.82) is 0 Å². The number of aliphatic hydroxyl groups excluding tert-OH is 1. The third-order valence-electron chi connectivity index (χ3n) is 3.21. The summed E-state index contributed by atoms with van der Waals surface area (Å²) in [6.07, 6.45) is -3.41. The first kappa shape index (κ1) is 17.0. The van der Waals surface area contributed by atoms with E-state index < -0.39 is 17.8 Å². The van der Waals surface area contributed by atoms with Gasteiger partial charge in [-0.1, -0.05) is 12.1 Å². The Morgan fingerprint density at radius 1 is 1.30 bits per heavy atom. The zero-order valence-electron chi connectivity index (χ0n) is 12.3. The number of aliphatic hydroxyl groups is 1. The van der Waals surface area contributed by atoms with Crippen molar-refractivity contribution in [2.45, 2.75) is 19.1 Å². The van der Waals surface area contributed by atoms with Gasteiger partial charge in [0.1, 0.15) is 0 Å². The molecule has 124 valence electrons. The average Bonchev–Trinajstić information content (AvgIpc) is 2.90. The highest BCUT2D eigenvalue weighted by atomic mass is 19.4. The maximum absolute atomic E-state index is 12.9. The van der Waals surface area contributed by atoms with Gasteiger partial charge in [0, 0.05) is 18.4 Å². The maximum atomic E-state index is 12.9. The first-order valence-corrected chi connectivity index (χ1v) is 6.76. The van der Waals surface area contributed by atoms with E-state index >= 15 is 0 Å². The third kappa shape index (κ3) is 4.10. The summed E-state index contributed by atoms with van der Waals surface area (Å²) in [5.74, 6) is -0.486. The number of ether oxygens (including phenoxy) is 1. The molecule has 0 fully saturated rings. The van der Waals surface area contributed by atoms with Crippen LogP contribution in [0, 0.1) is 0 Å². The van der Waals surface area contributed by atoms with Crippen LogP contribution in [0.3, 0.4) is 0 Å². The second-order valence-electron chi connectivity index (χ2n) is 4.86. The van der Waals surface area contributed by atoms with Crippen LogP contribution in [0.15, 0.2) is 30.5 Å². The topological polar surface area (TPSA) is 64.3 Å². The van der Waals surface area contributed by atoms with Gasteiger partial charge in [0.25, 0.3) is 0 Å². The third-order valence-corrected chi connectivity index (χ3v) is 3.21. The van der Waals surface area contributed by atoms with E-state index in [0.717, 1.165) is 0 Å². The van der Waals surface area contributed by atoms with Crippen LogP contribution in [0.2, 0.25) is 0 Å². The van der Waals surface area contributed by atoms with Crippen molar-refractivity contribution < 1.29 is 27.8 Å². The molecule has 0 atom stereocenters. The van der Waals surface area contributed by atoms with E-state index in [9.17, 15) is 18.0 Å². The molecule has 1 aromatic heterocycles. The molecule has 1 N–H and O–H groups in total. The fraction of sp³-hybridized carbons (Fsp3) is 0.333. The fourth-order valence-electron chi connectivity index (χ4n) is 2.14. The number of alkyl halides is 3. The molecule has 23 heavy (non-hydrogen) atoms. The van der Waals surface area contributed by atoms with Crippen molar-refractivity contribution >= 4 is 5.97 Å². The summed E-state index contributed by atoms with van der Waals surface area (Å²) in [5, 5.41) is 12.4. The number of hydrogen-bond donors (Lipinski definition) is 1. The monoisotopic (exact) mass is 328 g/mol. The van der Waals surface area contributed by atoms with E-state index in [0.29, 0.717) is 11.1 Å². The molecule has 0 saturated carbocycles. The molecule has 0 radical (unpaired) electrons. The smallest absolute Gasteiger partial charge is 0.435 e. The average molecular weight is 328 g/mol. The largest absolute Gasteiger partial charge is 0.465 e.